The summed E-state index contributed by atoms with van der Waals surface area (Å²) in [4.78, 5) is 11.9. The summed E-state index contributed by atoms with van der Waals surface area (Å²) in [7, 11) is 1.40. The van der Waals surface area contributed by atoms with Crippen LogP contribution in [-0.4, -0.2) is 41.1 Å². The lowest BCUT2D eigenvalue weighted by atomic mass is 9.77. The van der Waals surface area contributed by atoms with Gasteiger partial charge in [0, 0.05) is 12.5 Å². The summed E-state index contributed by atoms with van der Waals surface area (Å²) in [6.45, 7) is 3.52. The molecule has 1 spiro atoms. The summed E-state index contributed by atoms with van der Waals surface area (Å²) in [5, 5.41) is 10.5. The molecular formula is C11H14O5. The predicted octanol–water partition coefficient (Wildman–Crippen LogP) is 0.125. The van der Waals surface area contributed by atoms with Gasteiger partial charge < -0.3 is 19.3 Å². The highest BCUT2D eigenvalue weighted by atomic mass is 16.7. The molecule has 2 aliphatic heterocycles. The number of carbonyl (C=O) groups is 1. The molecule has 0 aromatic carbocycles. The molecule has 1 unspecified atom stereocenters. The van der Waals surface area contributed by atoms with E-state index >= 15 is 0 Å². The van der Waals surface area contributed by atoms with Crippen molar-refractivity contribution in [1.82, 2.24) is 0 Å². The largest absolute Gasteiger partial charge is 0.495 e. The smallest absolute Gasteiger partial charge is 0.259 e. The van der Waals surface area contributed by atoms with E-state index in [0.717, 1.165) is 0 Å². The Morgan fingerprint density at radius 1 is 1.62 bits per heavy atom. The van der Waals surface area contributed by atoms with Crippen LogP contribution in [0.1, 0.15) is 20.3 Å². The van der Waals surface area contributed by atoms with Crippen LogP contribution in [0.5, 0.6) is 0 Å². The van der Waals surface area contributed by atoms with Crippen LogP contribution in [0.4, 0.5) is 0 Å². The van der Waals surface area contributed by atoms with E-state index in [1.165, 1.54) is 13.2 Å². The Hall–Kier alpha value is -0.910. The van der Waals surface area contributed by atoms with Crippen LogP contribution >= 0.6 is 0 Å². The lowest BCUT2D eigenvalue weighted by molar-refractivity contribution is -0.209. The molecule has 0 aromatic heterocycles. The SMILES string of the molecule is COC1=CC(=O)[C@]2(C)O[C@@]23CC(C)O[C@@]13O. The molecule has 5 heteroatoms. The molecule has 1 N–H and O–H groups in total. The molecule has 0 saturated carbocycles. The number of hydrogen-bond acceptors (Lipinski definition) is 5. The standard InChI is InChI=1S/C11H14O5/c1-6-5-10-9(2,16-10)7(12)4-8(14-3)11(10,13)15-6/h4,6,13H,5H2,1-3H3/t6?,9-,10-,11-/m0/s1. The number of ketones is 1. The number of hydrogen-bond donors (Lipinski definition) is 1. The molecule has 2 fully saturated rings. The zero-order valence-electron chi connectivity index (χ0n) is 9.44. The van der Waals surface area contributed by atoms with Crippen LogP contribution in [0, 0.1) is 0 Å². The van der Waals surface area contributed by atoms with Crippen LogP contribution < -0.4 is 0 Å². The number of carbonyl (C=O) groups excluding carboxylic acids is 1. The van der Waals surface area contributed by atoms with Crippen molar-refractivity contribution < 1.29 is 24.1 Å². The van der Waals surface area contributed by atoms with Crippen molar-refractivity contribution >= 4 is 5.78 Å². The molecular weight excluding hydrogens is 212 g/mol. The van der Waals surface area contributed by atoms with Crippen molar-refractivity contribution in [3.63, 3.8) is 0 Å². The second-order valence-electron chi connectivity index (χ2n) is 4.82. The molecule has 0 radical (unpaired) electrons. The maximum atomic E-state index is 11.9. The number of aliphatic hydroxyl groups is 1. The first kappa shape index (κ1) is 10.3. The predicted molar refractivity (Wildman–Crippen MR) is 52.4 cm³/mol. The van der Waals surface area contributed by atoms with Gasteiger partial charge in [-0.15, -0.1) is 0 Å². The minimum Gasteiger partial charge on any atom is -0.495 e. The van der Waals surface area contributed by atoms with Crippen LogP contribution in [0.15, 0.2) is 11.8 Å². The Morgan fingerprint density at radius 2 is 2.31 bits per heavy atom. The van der Waals surface area contributed by atoms with Crippen LogP contribution in [0.25, 0.3) is 0 Å². The van der Waals surface area contributed by atoms with E-state index in [1.54, 1.807) is 6.92 Å². The Morgan fingerprint density at radius 3 is 2.94 bits per heavy atom. The third-order valence-corrected chi connectivity index (χ3v) is 3.89. The minimum atomic E-state index is -1.62. The molecule has 3 aliphatic rings. The molecule has 4 atom stereocenters. The van der Waals surface area contributed by atoms with Gasteiger partial charge in [0.15, 0.2) is 22.7 Å². The fourth-order valence-electron chi connectivity index (χ4n) is 2.98. The molecule has 0 bridgehead atoms. The molecule has 2 heterocycles. The number of epoxide rings is 1. The number of ether oxygens (including phenoxy) is 3. The molecule has 0 aromatic rings. The van der Waals surface area contributed by atoms with Crippen LogP contribution in [-0.2, 0) is 19.0 Å². The molecule has 3 rings (SSSR count). The summed E-state index contributed by atoms with van der Waals surface area (Å²) >= 11 is 0. The lowest BCUT2D eigenvalue weighted by Gasteiger charge is -2.32. The second kappa shape index (κ2) is 2.50. The monoisotopic (exact) mass is 226 g/mol. The zero-order chi connectivity index (χ0) is 11.8. The maximum absolute atomic E-state index is 11.9. The Kier molecular flexibility index (Phi) is 1.60. The Balaban J connectivity index is 2.16. The van der Waals surface area contributed by atoms with Gasteiger partial charge in [0.25, 0.3) is 5.79 Å². The van der Waals surface area contributed by atoms with Crippen LogP contribution in [0.3, 0.4) is 0 Å². The fraction of sp³-hybridized carbons (Fsp3) is 0.727. The van der Waals surface area contributed by atoms with Crippen molar-refractivity contribution in [2.75, 3.05) is 7.11 Å². The van der Waals surface area contributed by atoms with E-state index in [4.69, 9.17) is 14.2 Å². The van der Waals surface area contributed by atoms with Crippen molar-refractivity contribution in [1.29, 1.82) is 0 Å². The van der Waals surface area contributed by atoms with Gasteiger partial charge in [0.2, 0.25) is 0 Å². The Bertz CT molecular complexity index is 417. The average Bonchev–Trinajstić information content (AvgIpc) is 2.72. The first-order valence-electron chi connectivity index (χ1n) is 5.30. The van der Waals surface area contributed by atoms with Gasteiger partial charge in [0.1, 0.15) is 0 Å². The molecule has 16 heavy (non-hydrogen) atoms. The van der Waals surface area contributed by atoms with Crippen molar-refractivity contribution in [2.24, 2.45) is 0 Å². The van der Waals surface area contributed by atoms with Crippen molar-refractivity contribution in [3.05, 3.63) is 11.8 Å². The topological polar surface area (TPSA) is 68.3 Å². The van der Waals surface area contributed by atoms with E-state index < -0.39 is 17.0 Å². The maximum Gasteiger partial charge on any atom is 0.259 e. The van der Waals surface area contributed by atoms with Gasteiger partial charge in [-0.25, -0.2) is 0 Å². The van der Waals surface area contributed by atoms with Gasteiger partial charge in [-0.05, 0) is 13.8 Å². The minimum absolute atomic E-state index is 0.136. The summed E-state index contributed by atoms with van der Waals surface area (Å²) in [6, 6.07) is 0. The van der Waals surface area contributed by atoms with E-state index in [9.17, 15) is 9.90 Å². The normalized spacial score (nSPS) is 54.1. The van der Waals surface area contributed by atoms with Gasteiger partial charge in [-0.1, -0.05) is 0 Å². The first-order chi connectivity index (χ1) is 7.39. The summed E-state index contributed by atoms with van der Waals surface area (Å²) < 4.78 is 16.1. The highest BCUT2D eigenvalue weighted by Crippen LogP contribution is 2.66. The van der Waals surface area contributed by atoms with Gasteiger partial charge >= 0.3 is 0 Å². The number of rotatable bonds is 1. The van der Waals surface area contributed by atoms with E-state index in [0.29, 0.717) is 6.42 Å². The van der Waals surface area contributed by atoms with Gasteiger partial charge in [-0.2, -0.15) is 0 Å². The first-order valence-corrected chi connectivity index (χ1v) is 5.30. The van der Waals surface area contributed by atoms with Gasteiger partial charge in [0.05, 0.1) is 13.2 Å². The Labute approximate surface area is 93.0 Å². The molecule has 0 amide bonds. The zero-order valence-corrected chi connectivity index (χ0v) is 9.44. The van der Waals surface area contributed by atoms with Gasteiger partial charge in [-0.3, -0.25) is 4.79 Å². The van der Waals surface area contributed by atoms with Crippen molar-refractivity contribution in [3.8, 4) is 0 Å². The summed E-state index contributed by atoms with van der Waals surface area (Å²) in [5.74, 6) is -1.66. The van der Waals surface area contributed by atoms with E-state index in [1.807, 2.05) is 6.92 Å². The second-order valence-corrected chi connectivity index (χ2v) is 4.82. The molecule has 5 nitrogen and oxygen atoms in total. The third-order valence-electron chi connectivity index (χ3n) is 3.89. The third kappa shape index (κ3) is 0.794. The summed E-state index contributed by atoms with van der Waals surface area (Å²) in [6.07, 6.45) is 1.59. The number of methoxy groups -OCH3 is 1. The lowest BCUT2D eigenvalue weighted by Crippen LogP contribution is -2.53. The highest BCUT2D eigenvalue weighted by Gasteiger charge is 2.86. The molecule has 2 saturated heterocycles. The summed E-state index contributed by atoms with van der Waals surface area (Å²) in [5.41, 5.74) is -1.93. The molecule has 88 valence electrons. The fourth-order valence-corrected chi connectivity index (χ4v) is 2.98. The average molecular weight is 226 g/mol. The van der Waals surface area contributed by atoms with Crippen molar-refractivity contribution in [2.45, 2.75) is 43.4 Å². The van der Waals surface area contributed by atoms with Crippen LogP contribution in [0.2, 0.25) is 0 Å². The van der Waals surface area contributed by atoms with E-state index in [-0.39, 0.29) is 17.6 Å². The highest BCUT2D eigenvalue weighted by molar-refractivity contribution is 6.02. The van der Waals surface area contributed by atoms with E-state index in [2.05, 4.69) is 0 Å². The molecule has 1 aliphatic carbocycles. The quantitative estimate of drug-likeness (QED) is 0.643.